The number of halogens is 2. The SMILES string of the molecule is COc1ccc(/C=C/C(=O)NO)c(NC(=O)c2ccccc2Oc2ccc(Cl)cc2F)c1. The highest BCUT2D eigenvalue weighted by atomic mass is 35.5. The van der Waals surface area contributed by atoms with Crippen LogP contribution in [-0.4, -0.2) is 24.1 Å². The van der Waals surface area contributed by atoms with Crippen LogP contribution in [0.1, 0.15) is 15.9 Å². The van der Waals surface area contributed by atoms with E-state index in [0.29, 0.717) is 17.0 Å². The number of hydroxylamine groups is 1. The number of benzene rings is 3. The second-order valence-corrected chi connectivity index (χ2v) is 6.83. The van der Waals surface area contributed by atoms with E-state index < -0.39 is 17.6 Å². The van der Waals surface area contributed by atoms with Gasteiger partial charge in [0.05, 0.1) is 18.4 Å². The van der Waals surface area contributed by atoms with Crippen molar-refractivity contribution in [1.29, 1.82) is 0 Å². The number of para-hydroxylation sites is 1. The van der Waals surface area contributed by atoms with Gasteiger partial charge >= 0.3 is 0 Å². The van der Waals surface area contributed by atoms with Gasteiger partial charge in [0, 0.05) is 17.2 Å². The third-order valence-corrected chi connectivity index (χ3v) is 4.51. The minimum atomic E-state index is -0.734. The lowest BCUT2D eigenvalue weighted by Gasteiger charge is -2.14. The Morgan fingerprint density at radius 3 is 2.56 bits per heavy atom. The van der Waals surface area contributed by atoms with Crippen LogP contribution in [0.5, 0.6) is 17.2 Å². The Hall–Kier alpha value is -3.88. The number of methoxy groups -OCH3 is 1. The first-order chi connectivity index (χ1) is 15.4. The van der Waals surface area contributed by atoms with E-state index in [0.717, 1.165) is 12.1 Å². The fourth-order valence-electron chi connectivity index (χ4n) is 2.73. The van der Waals surface area contributed by atoms with Crippen LogP contribution < -0.4 is 20.3 Å². The average Bonchev–Trinajstić information content (AvgIpc) is 2.80. The number of hydrogen-bond donors (Lipinski definition) is 3. The summed E-state index contributed by atoms with van der Waals surface area (Å²) in [7, 11) is 1.47. The molecule has 0 atom stereocenters. The van der Waals surface area contributed by atoms with E-state index in [4.69, 9.17) is 26.3 Å². The summed E-state index contributed by atoms with van der Waals surface area (Å²) in [5.41, 5.74) is 2.45. The van der Waals surface area contributed by atoms with Gasteiger partial charge < -0.3 is 14.8 Å². The molecule has 0 bridgehead atoms. The van der Waals surface area contributed by atoms with Crippen molar-refractivity contribution in [1.82, 2.24) is 5.48 Å². The second kappa shape index (κ2) is 10.4. The van der Waals surface area contributed by atoms with Gasteiger partial charge in [-0.05, 0) is 54.1 Å². The number of carbonyl (C=O) groups is 2. The third kappa shape index (κ3) is 5.63. The first-order valence-electron chi connectivity index (χ1n) is 9.24. The van der Waals surface area contributed by atoms with E-state index >= 15 is 0 Å². The van der Waals surface area contributed by atoms with Crippen molar-refractivity contribution >= 4 is 35.2 Å². The van der Waals surface area contributed by atoms with Gasteiger partial charge in [-0.1, -0.05) is 23.7 Å². The molecule has 0 aliphatic carbocycles. The monoisotopic (exact) mass is 456 g/mol. The van der Waals surface area contributed by atoms with Gasteiger partial charge in [0.15, 0.2) is 11.6 Å². The lowest BCUT2D eigenvalue weighted by atomic mass is 10.1. The quantitative estimate of drug-likeness (QED) is 0.262. The first kappa shape index (κ1) is 22.8. The van der Waals surface area contributed by atoms with Gasteiger partial charge in [0.25, 0.3) is 11.8 Å². The number of anilines is 1. The molecule has 0 aliphatic rings. The molecule has 0 radical (unpaired) electrons. The maximum atomic E-state index is 14.1. The Bertz CT molecular complexity index is 1180. The van der Waals surface area contributed by atoms with E-state index in [9.17, 15) is 14.0 Å². The van der Waals surface area contributed by atoms with Crippen molar-refractivity contribution in [2.24, 2.45) is 0 Å². The van der Waals surface area contributed by atoms with Gasteiger partial charge in [-0.3, -0.25) is 14.8 Å². The number of carbonyl (C=O) groups excluding carboxylic acids is 2. The van der Waals surface area contributed by atoms with E-state index in [2.05, 4.69) is 5.32 Å². The molecule has 7 nitrogen and oxygen atoms in total. The molecule has 0 fully saturated rings. The van der Waals surface area contributed by atoms with Crippen molar-refractivity contribution in [2.75, 3.05) is 12.4 Å². The highest BCUT2D eigenvalue weighted by molar-refractivity contribution is 6.30. The fraction of sp³-hybridized carbons (Fsp3) is 0.0435. The summed E-state index contributed by atoms with van der Waals surface area (Å²) in [6.07, 6.45) is 2.50. The van der Waals surface area contributed by atoms with Gasteiger partial charge in [0.2, 0.25) is 0 Å². The maximum absolute atomic E-state index is 14.1. The summed E-state index contributed by atoms with van der Waals surface area (Å²) in [5.74, 6) is -1.43. The second-order valence-electron chi connectivity index (χ2n) is 6.39. The van der Waals surface area contributed by atoms with E-state index in [1.807, 2.05) is 0 Å². The molecule has 3 aromatic rings. The Kier molecular flexibility index (Phi) is 7.43. The molecular formula is C23H18ClFN2O5. The van der Waals surface area contributed by atoms with Gasteiger partial charge in [-0.2, -0.15) is 0 Å². The minimum absolute atomic E-state index is 0.0883. The van der Waals surface area contributed by atoms with Crippen molar-refractivity contribution in [3.63, 3.8) is 0 Å². The van der Waals surface area contributed by atoms with Gasteiger partial charge in [0.1, 0.15) is 11.5 Å². The van der Waals surface area contributed by atoms with Crippen LogP contribution in [0.15, 0.2) is 66.7 Å². The van der Waals surface area contributed by atoms with Crippen LogP contribution in [0.3, 0.4) is 0 Å². The van der Waals surface area contributed by atoms with E-state index in [-0.39, 0.29) is 22.1 Å². The highest BCUT2D eigenvalue weighted by Gasteiger charge is 2.16. The molecule has 32 heavy (non-hydrogen) atoms. The van der Waals surface area contributed by atoms with Crippen molar-refractivity contribution in [3.05, 3.63) is 88.7 Å². The minimum Gasteiger partial charge on any atom is -0.497 e. The zero-order valence-corrected chi connectivity index (χ0v) is 17.5. The smallest absolute Gasteiger partial charge is 0.267 e. The Morgan fingerprint density at radius 2 is 1.84 bits per heavy atom. The van der Waals surface area contributed by atoms with Crippen LogP contribution in [0, 0.1) is 5.82 Å². The topological polar surface area (TPSA) is 96.9 Å². The normalized spacial score (nSPS) is 10.6. The summed E-state index contributed by atoms with van der Waals surface area (Å²) in [5, 5.41) is 11.6. The van der Waals surface area contributed by atoms with Crippen LogP contribution in [-0.2, 0) is 4.79 Å². The molecule has 0 aromatic heterocycles. The molecule has 0 spiro atoms. The largest absolute Gasteiger partial charge is 0.497 e. The summed E-state index contributed by atoms with van der Waals surface area (Å²) in [6.45, 7) is 0. The van der Waals surface area contributed by atoms with Gasteiger partial charge in [-0.25, -0.2) is 9.87 Å². The fourth-order valence-corrected chi connectivity index (χ4v) is 2.89. The number of hydrogen-bond acceptors (Lipinski definition) is 5. The molecule has 0 unspecified atom stereocenters. The van der Waals surface area contributed by atoms with Gasteiger partial charge in [-0.15, -0.1) is 0 Å². The van der Waals surface area contributed by atoms with E-state index in [1.54, 1.807) is 30.3 Å². The summed E-state index contributed by atoms with van der Waals surface area (Å²) < 4.78 is 25.0. The molecule has 9 heteroatoms. The predicted molar refractivity (Wildman–Crippen MR) is 118 cm³/mol. The van der Waals surface area contributed by atoms with Crippen molar-refractivity contribution in [2.45, 2.75) is 0 Å². The first-order valence-corrected chi connectivity index (χ1v) is 9.62. The Balaban J connectivity index is 1.91. The third-order valence-electron chi connectivity index (χ3n) is 4.28. The zero-order valence-electron chi connectivity index (χ0n) is 16.8. The Morgan fingerprint density at radius 1 is 1.06 bits per heavy atom. The van der Waals surface area contributed by atoms with Crippen molar-refractivity contribution < 1.29 is 28.7 Å². The summed E-state index contributed by atoms with van der Waals surface area (Å²) >= 11 is 5.77. The predicted octanol–water partition coefficient (Wildman–Crippen LogP) is 5.05. The molecule has 0 aliphatic heterocycles. The van der Waals surface area contributed by atoms with Crippen molar-refractivity contribution in [3.8, 4) is 17.2 Å². The lowest BCUT2D eigenvalue weighted by Crippen LogP contribution is -2.15. The van der Waals surface area contributed by atoms with Crippen LogP contribution >= 0.6 is 11.6 Å². The molecule has 2 amide bonds. The van der Waals surface area contributed by atoms with Crippen LogP contribution in [0.25, 0.3) is 6.08 Å². The van der Waals surface area contributed by atoms with Crippen LogP contribution in [0.4, 0.5) is 10.1 Å². The molecule has 0 saturated carbocycles. The zero-order chi connectivity index (χ0) is 23.1. The standard InChI is InChI=1S/C23H18ClFN2O5/c1-31-16-9-6-14(7-11-22(28)27-30)19(13-16)26-23(29)17-4-2-3-5-20(17)32-21-10-8-15(24)12-18(21)25/h2-13,30H,1H3,(H,26,29)(H,27,28)/b11-7+. The molecule has 3 rings (SSSR count). The molecular weight excluding hydrogens is 439 g/mol. The Labute approximate surface area is 188 Å². The maximum Gasteiger partial charge on any atom is 0.267 e. The number of ether oxygens (including phenoxy) is 2. The molecule has 3 N–H and O–H groups in total. The molecule has 3 aromatic carbocycles. The number of nitrogens with one attached hydrogen (secondary N) is 2. The van der Waals surface area contributed by atoms with Crippen LogP contribution in [0.2, 0.25) is 5.02 Å². The summed E-state index contributed by atoms with van der Waals surface area (Å²) in [6, 6.07) is 15.1. The number of rotatable bonds is 7. The summed E-state index contributed by atoms with van der Waals surface area (Å²) in [4.78, 5) is 24.3. The molecule has 0 saturated heterocycles. The number of amides is 2. The average molecular weight is 457 g/mol. The molecule has 0 heterocycles. The molecule has 164 valence electrons. The highest BCUT2D eigenvalue weighted by Crippen LogP contribution is 2.30. The lowest BCUT2D eigenvalue weighted by molar-refractivity contribution is -0.124. The van der Waals surface area contributed by atoms with E-state index in [1.165, 1.54) is 42.9 Å².